The van der Waals surface area contributed by atoms with E-state index in [1.165, 1.54) is 11.3 Å². The van der Waals surface area contributed by atoms with Crippen LogP contribution in [0.15, 0.2) is 18.2 Å². The summed E-state index contributed by atoms with van der Waals surface area (Å²) in [6, 6.07) is 0. The predicted molar refractivity (Wildman–Crippen MR) is 93.5 cm³/mol. The quantitative estimate of drug-likeness (QED) is 0.646. The number of hydrogen-bond acceptors (Lipinski definition) is 4. The summed E-state index contributed by atoms with van der Waals surface area (Å²) >= 11 is 1.49. The monoisotopic (exact) mass is 321 g/mol. The van der Waals surface area contributed by atoms with Crippen LogP contribution < -0.4 is 5.32 Å². The number of aliphatic imine (C=N–C) groups is 1. The third-order valence-electron chi connectivity index (χ3n) is 3.32. The van der Waals surface area contributed by atoms with Crippen LogP contribution in [0.3, 0.4) is 0 Å². The molecule has 1 aromatic heterocycles. The topological polar surface area (TPSA) is 46.5 Å². The highest BCUT2D eigenvalue weighted by molar-refractivity contribution is 7.27. The third kappa shape index (κ3) is 4.44. The molecule has 21 heavy (non-hydrogen) atoms. The van der Waals surface area contributed by atoms with Crippen LogP contribution in [0.2, 0.25) is 0 Å². The molecule has 2 heterocycles. The molecule has 0 spiro atoms. The number of nitrogens with zero attached hydrogens (tertiary/aromatic N) is 2. The fourth-order valence-corrected chi connectivity index (χ4v) is 3.35. The summed E-state index contributed by atoms with van der Waals surface area (Å²) in [5.74, 6) is 3.21. The van der Waals surface area contributed by atoms with Gasteiger partial charge in [0.15, 0.2) is 5.00 Å². The van der Waals surface area contributed by atoms with Crippen LogP contribution in [0.5, 0.6) is 0 Å². The highest BCUT2D eigenvalue weighted by Crippen LogP contribution is 2.31. The van der Waals surface area contributed by atoms with Gasteiger partial charge >= 0.3 is 0 Å². The Hall–Kier alpha value is -1.09. The maximum absolute atomic E-state index is 5.37. The largest absolute Gasteiger partial charge is 0.381 e. The van der Waals surface area contributed by atoms with Gasteiger partial charge in [-0.25, -0.2) is 4.98 Å². The van der Waals surface area contributed by atoms with Gasteiger partial charge in [-0.3, -0.25) is 5.32 Å². The molecule has 6 heteroatoms. The van der Waals surface area contributed by atoms with Crippen molar-refractivity contribution in [3.8, 4) is 0 Å². The molecule has 0 saturated carbocycles. The number of aromatic nitrogens is 1. The van der Waals surface area contributed by atoms with Gasteiger partial charge in [0.2, 0.25) is 0 Å². The Morgan fingerprint density at radius 1 is 1.57 bits per heavy atom. The molecule has 0 radical (unpaired) electrons. The zero-order valence-electron chi connectivity index (χ0n) is 12.2. The second-order valence-corrected chi connectivity index (χ2v) is 6.51. The molecule has 112 valence electrons. The number of allylic oxidation sites excluding steroid dienone is 1. The van der Waals surface area contributed by atoms with Crippen LogP contribution in [0.1, 0.15) is 30.5 Å². The molecule has 0 aromatic carbocycles. The van der Waals surface area contributed by atoms with Crippen molar-refractivity contribution >= 4 is 42.1 Å². The Kier molecular flexibility index (Phi) is 6.04. The Bertz CT molecular complexity index is 564. The Labute approximate surface area is 131 Å². The van der Waals surface area contributed by atoms with E-state index in [9.17, 15) is 0 Å². The van der Waals surface area contributed by atoms with Crippen molar-refractivity contribution in [2.24, 2.45) is 10.9 Å². The molecule has 1 aromatic rings. The molecule has 0 unspecified atom stereocenters. The summed E-state index contributed by atoms with van der Waals surface area (Å²) in [5, 5.41) is 5.06. The van der Waals surface area contributed by atoms with Crippen molar-refractivity contribution < 1.29 is 4.74 Å². The molecule has 0 bridgehead atoms. The number of thiazole rings is 1. The number of ether oxygens (including phenoxy) is 1. The van der Waals surface area contributed by atoms with Gasteiger partial charge in [0.1, 0.15) is 10.7 Å². The molecule has 4 nitrogen and oxygen atoms in total. The van der Waals surface area contributed by atoms with Crippen molar-refractivity contribution in [1.82, 2.24) is 10.3 Å². The van der Waals surface area contributed by atoms with Crippen molar-refractivity contribution in [1.29, 1.82) is 0 Å². The molecular formula is C15H20N3OPS. The first kappa shape index (κ1) is 16.3. The average molecular weight is 321 g/mol. The van der Waals surface area contributed by atoms with Crippen molar-refractivity contribution in [3.05, 3.63) is 23.9 Å². The van der Waals surface area contributed by atoms with Gasteiger partial charge in [-0.05, 0) is 43.7 Å². The van der Waals surface area contributed by atoms with Crippen molar-refractivity contribution in [2.75, 3.05) is 19.8 Å². The van der Waals surface area contributed by atoms with E-state index in [0.717, 1.165) is 59.3 Å². The molecule has 2 rings (SSSR count). The molecule has 0 atom stereocenters. The lowest BCUT2D eigenvalue weighted by molar-refractivity contribution is 0.0676. The molecular weight excluding hydrogens is 301 g/mol. The average Bonchev–Trinajstić information content (AvgIpc) is 2.90. The highest BCUT2D eigenvalue weighted by atomic mass is 32.1. The zero-order valence-corrected chi connectivity index (χ0v) is 14.1. The van der Waals surface area contributed by atoms with Crippen LogP contribution in [-0.4, -0.2) is 36.0 Å². The summed E-state index contributed by atoms with van der Waals surface area (Å²) in [7, 11) is 3.63. The van der Waals surface area contributed by atoms with Crippen LogP contribution in [0.4, 0.5) is 5.00 Å². The molecule has 1 aliphatic rings. The van der Waals surface area contributed by atoms with E-state index in [-0.39, 0.29) is 0 Å². The van der Waals surface area contributed by atoms with E-state index in [1.807, 2.05) is 6.92 Å². The molecule has 1 fully saturated rings. The minimum atomic E-state index is 0.649. The zero-order chi connectivity index (χ0) is 15.2. The molecule has 0 amide bonds. The lowest BCUT2D eigenvalue weighted by Gasteiger charge is -2.22. The fraction of sp³-hybridized carbons (Fsp3) is 0.467. The number of hydrogen-bond donors (Lipinski definition) is 1. The predicted octanol–water partition coefficient (Wildman–Crippen LogP) is 3.30. The lowest BCUT2D eigenvalue weighted by Crippen LogP contribution is -2.31. The van der Waals surface area contributed by atoms with Gasteiger partial charge in [0.25, 0.3) is 0 Å². The first-order valence-electron chi connectivity index (χ1n) is 6.92. The van der Waals surface area contributed by atoms with E-state index >= 15 is 0 Å². The molecule has 1 N–H and O–H groups in total. The van der Waals surface area contributed by atoms with Crippen LogP contribution in [-0.2, 0) is 4.74 Å². The normalized spacial score (nSPS) is 15.5. The van der Waals surface area contributed by atoms with Crippen LogP contribution in [0, 0.1) is 5.92 Å². The van der Waals surface area contributed by atoms with Gasteiger partial charge < -0.3 is 4.74 Å². The van der Waals surface area contributed by atoms with E-state index in [0.29, 0.717) is 5.92 Å². The fourth-order valence-electron chi connectivity index (χ4n) is 2.12. The van der Waals surface area contributed by atoms with Crippen LogP contribution in [0.25, 0.3) is 5.57 Å². The summed E-state index contributed by atoms with van der Waals surface area (Å²) in [5.41, 5.74) is 2.57. The highest BCUT2D eigenvalue weighted by Gasteiger charge is 2.17. The Morgan fingerprint density at radius 3 is 2.90 bits per heavy atom. The second kappa shape index (κ2) is 7.79. The lowest BCUT2D eigenvalue weighted by atomic mass is 10.0. The standard InChI is InChI=1S/C15H20N3OPS/c1-4-16-14-12(10(2)3)18-15(21-14)13(20)17-9-11-5-7-19-8-6-11/h11,17,20H,1-2,5-9H2,3H3. The smallest absolute Gasteiger partial charge is 0.154 e. The maximum Gasteiger partial charge on any atom is 0.154 e. The summed E-state index contributed by atoms with van der Waals surface area (Å²) in [6.07, 6.45) is 2.21. The van der Waals surface area contributed by atoms with Gasteiger partial charge in [-0.2, -0.15) is 4.99 Å². The summed E-state index contributed by atoms with van der Waals surface area (Å²) in [6.45, 7) is 12.0. The van der Waals surface area contributed by atoms with Crippen LogP contribution >= 0.6 is 20.2 Å². The van der Waals surface area contributed by atoms with Crippen molar-refractivity contribution in [2.45, 2.75) is 19.8 Å². The maximum atomic E-state index is 5.37. The molecule has 0 aliphatic carbocycles. The number of rotatable bonds is 6. The minimum absolute atomic E-state index is 0.649. The van der Waals surface area contributed by atoms with Gasteiger partial charge in [0.05, 0.1) is 5.42 Å². The Balaban J connectivity index is 2.03. The third-order valence-corrected chi connectivity index (χ3v) is 4.88. The molecule has 1 saturated heterocycles. The Morgan fingerprint density at radius 2 is 2.29 bits per heavy atom. The summed E-state index contributed by atoms with van der Waals surface area (Å²) in [4.78, 5) is 8.71. The molecule has 1 aliphatic heterocycles. The van der Waals surface area contributed by atoms with E-state index < -0.39 is 0 Å². The minimum Gasteiger partial charge on any atom is -0.381 e. The van der Waals surface area contributed by atoms with Crippen molar-refractivity contribution in [3.63, 3.8) is 0 Å². The number of nitrogens with one attached hydrogen (secondary N) is 1. The summed E-state index contributed by atoms with van der Waals surface area (Å²) < 4.78 is 5.37. The van der Waals surface area contributed by atoms with E-state index in [2.05, 4.69) is 43.2 Å². The second-order valence-electron chi connectivity index (χ2n) is 5.03. The van der Waals surface area contributed by atoms with E-state index in [1.54, 1.807) is 0 Å². The SMILES string of the molecule is C=C=Nc1sc(C(=P)NCC2CCOCC2)nc1C(=C)C. The van der Waals surface area contributed by atoms with Gasteiger partial charge in [-0.15, -0.1) is 0 Å². The van der Waals surface area contributed by atoms with E-state index in [4.69, 9.17) is 4.74 Å². The first-order valence-corrected chi connectivity index (χ1v) is 8.23. The van der Waals surface area contributed by atoms with Gasteiger partial charge in [0, 0.05) is 19.8 Å². The first-order chi connectivity index (χ1) is 10.1. The van der Waals surface area contributed by atoms with Gasteiger partial charge in [-0.1, -0.05) is 26.8 Å².